The van der Waals surface area contributed by atoms with Gasteiger partial charge in [0.25, 0.3) is 0 Å². The molecule has 1 aliphatic carbocycles. The first-order valence-corrected chi connectivity index (χ1v) is 10.7. The quantitative estimate of drug-likeness (QED) is 0.655. The van der Waals surface area contributed by atoms with E-state index in [9.17, 15) is 0 Å². The maximum absolute atomic E-state index is 5.13. The second kappa shape index (κ2) is 6.66. The first-order valence-electron chi connectivity index (χ1n) is 9.88. The zero-order valence-electron chi connectivity index (χ0n) is 15.4. The Morgan fingerprint density at radius 3 is 2.85 bits per heavy atom. The van der Waals surface area contributed by atoms with E-state index in [0.29, 0.717) is 0 Å². The Labute approximate surface area is 159 Å². The van der Waals surface area contributed by atoms with Crippen LogP contribution in [0, 0.1) is 5.92 Å². The summed E-state index contributed by atoms with van der Waals surface area (Å²) in [5, 5.41) is 1.37. The number of hydrogen-bond donors (Lipinski definition) is 0. The number of anilines is 1. The summed E-state index contributed by atoms with van der Waals surface area (Å²) < 4.78 is 0. The molecule has 0 bridgehead atoms. The van der Waals surface area contributed by atoms with Crippen molar-refractivity contribution in [3.05, 3.63) is 52.2 Å². The van der Waals surface area contributed by atoms with Crippen molar-refractivity contribution in [2.75, 3.05) is 18.0 Å². The average Bonchev–Trinajstić information content (AvgIpc) is 3.23. The van der Waals surface area contributed by atoms with Gasteiger partial charge in [-0.05, 0) is 49.1 Å². The van der Waals surface area contributed by atoms with Crippen molar-refractivity contribution in [3.8, 4) is 0 Å². The molecule has 1 saturated heterocycles. The normalized spacial score (nSPS) is 19.9. The van der Waals surface area contributed by atoms with Crippen LogP contribution < -0.4 is 4.90 Å². The van der Waals surface area contributed by atoms with Crippen molar-refractivity contribution < 1.29 is 0 Å². The van der Waals surface area contributed by atoms with Crippen LogP contribution in [0.15, 0.2) is 30.3 Å². The standard InChI is InChI=1S/C22H25N3S/c1-15-7-6-12-25(14-15)21-20-17-10-5-11-18(17)26-22(20)24-19(23-21)13-16-8-3-2-4-9-16/h2-4,8-9,15H,5-7,10-14H2,1H3. The van der Waals surface area contributed by atoms with Gasteiger partial charge in [-0.1, -0.05) is 37.3 Å². The Hall–Kier alpha value is -1.94. The van der Waals surface area contributed by atoms with E-state index in [0.717, 1.165) is 31.3 Å². The van der Waals surface area contributed by atoms with Crippen molar-refractivity contribution >= 4 is 27.4 Å². The van der Waals surface area contributed by atoms with Gasteiger partial charge in [0.05, 0.1) is 5.39 Å². The number of aryl methyl sites for hydroxylation is 2. The van der Waals surface area contributed by atoms with E-state index in [2.05, 4.69) is 42.2 Å². The maximum atomic E-state index is 5.13. The van der Waals surface area contributed by atoms with Crippen molar-refractivity contribution in [1.29, 1.82) is 0 Å². The van der Waals surface area contributed by atoms with Crippen LogP contribution in [0.2, 0.25) is 0 Å². The third kappa shape index (κ3) is 2.90. The highest BCUT2D eigenvalue weighted by atomic mass is 32.1. The predicted molar refractivity (Wildman–Crippen MR) is 109 cm³/mol. The lowest BCUT2D eigenvalue weighted by atomic mass is 10.00. The van der Waals surface area contributed by atoms with Crippen molar-refractivity contribution in [2.45, 2.75) is 45.4 Å². The Morgan fingerprint density at radius 2 is 2.00 bits per heavy atom. The van der Waals surface area contributed by atoms with Gasteiger partial charge in [0.2, 0.25) is 0 Å². The molecule has 0 radical (unpaired) electrons. The van der Waals surface area contributed by atoms with Crippen molar-refractivity contribution in [3.63, 3.8) is 0 Å². The fourth-order valence-corrected chi connectivity index (χ4v) is 5.76. The molecule has 5 rings (SSSR count). The molecule has 1 aliphatic heterocycles. The maximum Gasteiger partial charge on any atom is 0.141 e. The van der Waals surface area contributed by atoms with Crippen LogP contribution >= 0.6 is 11.3 Å². The molecule has 4 heteroatoms. The van der Waals surface area contributed by atoms with Crippen LogP contribution in [0.1, 0.15) is 48.0 Å². The van der Waals surface area contributed by atoms with Gasteiger partial charge in [0.1, 0.15) is 16.5 Å². The summed E-state index contributed by atoms with van der Waals surface area (Å²) in [5.74, 6) is 2.93. The minimum Gasteiger partial charge on any atom is -0.356 e. The van der Waals surface area contributed by atoms with Gasteiger partial charge in [-0.25, -0.2) is 9.97 Å². The summed E-state index contributed by atoms with van der Waals surface area (Å²) in [6, 6.07) is 10.6. The monoisotopic (exact) mass is 363 g/mol. The summed E-state index contributed by atoms with van der Waals surface area (Å²) in [5.41, 5.74) is 2.83. The van der Waals surface area contributed by atoms with E-state index in [4.69, 9.17) is 9.97 Å². The molecule has 3 nitrogen and oxygen atoms in total. The topological polar surface area (TPSA) is 29.0 Å². The molecule has 0 amide bonds. The Morgan fingerprint density at radius 1 is 1.12 bits per heavy atom. The molecular formula is C22H25N3S. The molecule has 3 aromatic rings. The summed E-state index contributed by atoms with van der Waals surface area (Å²) in [4.78, 5) is 15.4. The van der Waals surface area contributed by atoms with Crippen LogP contribution in [0.3, 0.4) is 0 Å². The number of benzene rings is 1. The largest absolute Gasteiger partial charge is 0.356 e. The first-order chi connectivity index (χ1) is 12.8. The van der Waals surface area contributed by atoms with Crippen molar-refractivity contribution in [2.24, 2.45) is 5.92 Å². The summed E-state index contributed by atoms with van der Waals surface area (Å²) >= 11 is 1.91. The number of fused-ring (bicyclic) bond motifs is 3. The minimum atomic E-state index is 0.748. The molecule has 3 heterocycles. The molecule has 1 aromatic carbocycles. The number of aromatic nitrogens is 2. The highest BCUT2D eigenvalue weighted by Crippen LogP contribution is 2.41. The summed E-state index contributed by atoms with van der Waals surface area (Å²) in [7, 11) is 0. The van der Waals surface area contributed by atoms with Gasteiger partial charge in [-0.2, -0.15) is 0 Å². The van der Waals surface area contributed by atoms with Crippen LogP contribution in [0.25, 0.3) is 10.2 Å². The molecule has 1 atom stereocenters. The average molecular weight is 364 g/mol. The number of piperidine rings is 1. The second-order valence-corrected chi connectivity index (χ2v) is 8.94. The Kier molecular flexibility index (Phi) is 4.16. The molecule has 1 fully saturated rings. The van der Waals surface area contributed by atoms with Crippen LogP contribution in [-0.2, 0) is 19.3 Å². The zero-order valence-corrected chi connectivity index (χ0v) is 16.2. The van der Waals surface area contributed by atoms with Crippen LogP contribution in [0.5, 0.6) is 0 Å². The van der Waals surface area contributed by atoms with E-state index in [1.54, 1.807) is 10.4 Å². The number of thiophene rings is 1. The molecule has 0 saturated carbocycles. The molecule has 0 spiro atoms. The van der Waals surface area contributed by atoms with E-state index < -0.39 is 0 Å². The number of nitrogens with zero attached hydrogens (tertiary/aromatic N) is 3. The lowest BCUT2D eigenvalue weighted by molar-refractivity contribution is 0.445. The highest BCUT2D eigenvalue weighted by Gasteiger charge is 2.26. The van der Waals surface area contributed by atoms with E-state index in [1.165, 1.54) is 53.7 Å². The molecule has 0 N–H and O–H groups in total. The van der Waals surface area contributed by atoms with Gasteiger partial charge in [-0.3, -0.25) is 0 Å². The SMILES string of the molecule is CC1CCCN(c2nc(Cc3ccccc3)nc3sc4c(c23)CCC4)C1. The summed E-state index contributed by atoms with van der Waals surface area (Å²) in [6.07, 6.45) is 7.14. The second-order valence-electron chi connectivity index (χ2n) is 7.86. The molecule has 26 heavy (non-hydrogen) atoms. The van der Waals surface area contributed by atoms with Gasteiger partial charge in [0, 0.05) is 24.4 Å². The third-order valence-electron chi connectivity index (χ3n) is 5.75. The van der Waals surface area contributed by atoms with E-state index in [1.807, 2.05) is 11.3 Å². The molecule has 2 aliphatic rings. The van der Waals surface area contributed by atoms with Gasteiger partial charge >= 0.3 is 0 Å². The minimum absolute atomic E-state index is 0.748. The molecule has 1 unspecified atom stereocenters. The van der Waals surface area contributed by atoms with Gasteiger partial charge in [0.15, 0.2) is 0 Å². The molecular weight excluding hydrogens is 338 g/mol. The summed E-state index contributed by atoms with van der Waals surface area (Å²) in [6.45, 7) is 4.63. The third-order valence-corrected chi connectivity index (χ3v) is 6.94. The zero-order chi connectivity index (χ0) is 17.5. The van der Waals surface area contributed by atoms with E-state index >= 15 is 0 Å². The van der Waals surface area contributed by atoms with E-state index in [-0.39, 0.29) is 0 Å². The Bertz CT molecular complexity index is 931. The predicted octanol–water partition coefficient (Wildman–Crippen LogP) is 5.01. The van der Waals surface area contributed by atoms with Gasteiger partial charge in [-0.15, -0.1) is 11.3 Å². The fraction of sp³-hybridized carbons (Fsp3) is 0.455. The number of rotatable bonds is 3. The van der Waals surface area contributed by atoms with Crippen molar-refractivity contribution in [1.82, 2.24) is 9.97 Å². The lowest BCUT2D eigenvalue weighted by Crippen LogP contribution is -2.35. The molecule has 2 aromatic heterocycles. The Balaban J connectivity index is 1.62. The smallest absolute Gasteiger partial charge is 0.141 e. The van der Waals surface area contributed by atoms with Crippen LogP contribution in [-0.4, -0.2) is 23.1 Å². The fourth-order valence-electron chi connectivity index (χ4n) is 4.49. The lowest BCUT2D eigenvalue weighted by Gasteiger charge is -2.32. The highest BCUT2D eigenvalue weighted by molar-refractivity contribution is 7.19. The number of hydrogen-bond acceptors (Lipinski definition) is 4. The van der Waals surface area contributed by atoms with Gasteiger partial charge < -0.3 is 4.90 Å². The first kappa shape index (κ1) is 16.2. The van der Waals surface area contributed by atoms with Crippen LogP contribution in [0.4, 0.5) is 5.82 Å². The molecule has 134 valence electrons.